The van der Waals surface area contributed by atoms with E-state index in [0.717, 1.165) is 15.8 Å². The van der Waals surface area contributed by atoms with E-state index in [9.17, 15) is 4.79 Å². The molecule has 0 bridgehead atoms. The van der Waals surface area contributed by atoms with Gasteiger partial charge >= 0.3 is 0 Å². The number of carbonyl (C=O) groups excluding carboxylic acids is 1. The summed E-state index contributed by atoms with van der Waals surface area (Å²) in [4.78, 5) is 12.4. The van der Waals surface area contributed by atoms with Crippen LogP contribution in [-0.2, 0) is 0 Å². The van der Waals surface area contributed by atoms with Crippen LogP contribution >= 0.6 is 15.9 Å². The average Bonchev–Trinajstić information content (AvgIpc) is 2.91. The van der Waals surface area contributed by atoms with Gasteiger partial charge in [-0.15, -0.1) is 0 Å². The fraction of sp³-hybridized carbons (Fsp3) is 0.188. The highest BCUT2D eigenvalue weighted by Crippen LogP contribution is 2.32. The Kier molecular flexibility index (Phi) is 3.84. The van der Waals surface area contributed by atoms with Crippen molar-refractivity contribution in [2.24, 2.45) is 0 Å². The molecular formula is C16H14BrNO3. The van der Waals surface area contributed by atoms with Crippen LogP contribution in [0, 0.1) is 0 Å². The molecule has 108 valence electrons. The molecule has 21 heavy (non-hydrogen) atoms. The number of fused-ring (bicyclic) bond motifs is 1. The molecule has 1 aliphatic rings. The van der Waals surface area contributed by atoms with E-state index in [1.54, 1.807) is 25.3 Å². The Balaban J connectivity index is 1.82. The molecule has 0 saturated carbocycles. The second kappa shape index (κ2) is 5.77. The molecule has 2 aromatic rings. The van der Waals surface area contributed by atoms with Gasteiger partial charge in [-0.05, 0) is 40.2 Å². The van der Waals surface area contributed by atoms with E-state index < -0.39 is 0 Å². The Morgan fingerprint density at radius 2 is 2.14 bits per heavy atom. The summed E-state index contributed by atoms with van der Waals surface area (Å²) in [5.74, 6) is 1.31. The van der Waals surface area contributed by atoms with Gasteiger partial charge in [-0.1, -0.05) is 18.2 Å². The van der Waals surface area contributed by atoms with E-state index in [1.165, 1.54) is 0 Å². The first-order chi connectivity index (χ1) is 10.2. The van der Waals surface area contributed by atoms with Crippen molar-refractivity contribution in [1.29, 1.82) is 0 Å². The average molecular weight is 348 g/mol. The van der Waals surface area contributed by atoms with Crippen LogP contribution in [0.1, 0.15) is 22.0 Å². The maximum absolute atomic E-state index is 12.4. The number of methoxy groups -OCH3 is 1. The van der Waals surface area contributed by atoms with Crippen molar-refractivity contribution in [3.05, 3.63) is 58.1 Å². The molecule has 3 rings (SSSR count). The topological polar surface area (TPSA) is 47.6 Å². The monoisotopic (exact) mass is 347 g/mol. The first-order valence-electron chi connectivity index (χ1n) is 6.55. The Hall–Kier alpha value is -2.01. The van der Waals surface area contributed by atoms with Crippen LogP contribution in [0.4, 0.5) is 0 Å². The Labute approximate surface area is 131 Å². The molecule has 0 spiro atoms. The summed E-state index contributed by atoms with van der Waals surface area (Å²) < 4.78 is 11.5. The van der Waals surface area contributed by atoms with Gasteiger partial charge in [0.2, 0.25) is 0 Å². The van der Waals surface area contributed by atoms with Crippen LogP contribution < -0.4 is 14.8 Å². The number of para-hydroxylation sites is 1. The van der Waals surface area contributed by atoms with E-state index in [0.29, 0.717) is 17.9 Å². The van der Waals surface area contributed by atoms with Gasteiger partial charge in [0.1, 0.15) is 18.1 Å². The maximum Gasteiger partial charge on any atom is 0.253 e. The number of halogens is 1. The highest BCUT2D eigenvalue weighted by atomic mass is 79.9. The molecule has 0 aliphatic carbocycles. The summed E-state index contributed by atoms with van der Waals surface area (Å²) in [6, 6.07) is 12.9. The lowest BCUT2D eigenvalue weighted by molar-refractivity contribution is 0.0929. The van der Waals surface area contributed by atoms with Gasteiger partial charge in [-0.2, -0.15) is 0 Å². The summed E-state index contributed by atoms with van der Waals surface area (Å²) in [7, 11) is 1.58. The zero-order valence-corrected chi connectivity index (χ0v) is 13.0. The van der Waals surface area contributed by atoms with Crippen LogP contribution in [0.2, 0.25) is 0 Å². The zero-order chi connectivity index (χ0) is 14.8. The molecule has 1 amide bonds. The predicted molar refractivity (Wildman–Crippen MR) is 82.8 cm³/mol. The molecule has 1 unspecified atom stereocenters. The highest BCUT2D eigenvalue weighted by molar-refractivity contribution is 9.10. The third-order valence-electron chi connectivity index (χ3n) is 3.42. The minimum absolute atomic E-state index is 0.133. The number of rotatable bonds is 3. The van der Waals surface area contributed by atoms with Crippen molar-refractivity contribution in [2.45, 2.75) is 6.04 Å². The number of carbonyl (C=O) groups is 1. The van der Waals surface area contributed by atoms with E-state index in [4.69, 9.17) is 9.47 Å². The van der Waals surface area contributed by atoms with Crippen molar-refractivity contribution < 1.29 is 14.3 Å². The zero-order valence-electron chi connectivity index (χ0n) is 11.4. The smallest absolute Gasteiger partial charge is 0.253 e. The minimum atomic E-state index is -0.161. The van der Waals surface area contributed by atoms with Crippen LogP contribution in [0.25, 0.3) is 0 Å². The molecule has 0 radical (unpaired) electrons. The summed E-state index contributed by atoms with van der Waals surface area (Å²) >= 11 is 3.39. The van der Waals surface area contributed by atoms with Crippen molar-refractivity contribution in [1.82, 2.24) is 5.32 Å². The third-order valence-corrected chi connectivity index (χ3v) is 4.11. The maximum atomic E-state index is 12.4. The predicted octanol–water partition coefficient (Wildman–Crippen LogP) is 3.32. The number of hydrogen-bond donors (Lipinski definition) is 1. The molecular weight excluding hydrogens is 334 g/mol. The first-order valence-corrected chi connectivity index (χ1v) is 7.34. The quantitative estimate of drug-likeness (QED) is 0.926. The molecule has 5 heteroatoms. The second-order valence-electron chi connectivity index (χ2n) is 4.72. The summed E-state index contributed by atoms with van der Waals surface area (Å²) in [5, 5.41) is 2.99. The van der Waals surface area contributed by atoms with Crippen LogP contribution in [-0.4, -0.2) is 19.6 Å². The van der Waals surface area contributed by atoms with Gasteiger partial charge in [-0.25, -0.2) is 0 Å². The second-order valence-corrected chi connectivity index (χ2v) is 5.57. The van der Waals surface area contributed by atoms with Crippen LogP contribution in [0.5, 0.6) is 11.5 Å². The van der Waals surface area contributed by atoms with Gasteiger partial charge in [0.05, 0.1) is 18.7 Å². The molecule has 0 fully saturated rings. The Morgan fingerprint density at radius 3 is 2.95 bits per heavy atom. The first kappa shape index (κ1) is 13.9. The van der Waals surface area contributed by atoms with E-state index in [-0.39, 0.29) is 11.9 Å². The van der Waals surface area contributed by atoms with Crippen molar-refractivity contribution in [3.8, 4) is 11.5 Å². The van der Waals surface area contributed by atoms with Gasteiger partial charge in [0, 0.05) is 10.0 Å². The van der Waals surface area contributed by atoms with Crippen LogP contribution in [0.15, 0.2) is 46.9 Å². The fourth-order valence-electron chi connectivity index (χ4n) is 2.32. The molecule has 1 aliphatic heterocycles. The van der Waals surface area contributed by atoms with Crippen molar-refractivity contribution in [3.63, 3.8) is 0 Å². The summed E-state index contributed by atoms with van der Waals surface area (Å²) in [6.45, 7) is 0.451. The summed E-state index contributed by atoms with van der Waals surface area (Å²) in [6.07, 6.45) is 0. The number of hydrogen-bond acceptors (Lipinski definition) is 3. The Bertz CT molecular complexity index is 687. The highest BCUT2D eigenvalue weighted by Gasteiger charge is 2.26. The lowest BCUT2D eigenvalue weighted by Gasteiger charge is -2.13. The van der Waals surface area contributed by atoms with Crippen molar-refractivity contribution in [2.75, 3.05) is 13.7 Å². The molecule has 0 saturated heterocycles. The summed E-state index contributed by atoms with van der Waals surface area (Å²) in [5.41, 5.74) is 1.54. The van der Waals surface area contributed by atoms with Gasteiger partial charge in [0.25, 0.3) is 5.91 Å². The molecule has 1 N–H and O–H groups in total. The third kappa shape index (κ3) is 2.74. The van der Waals surface area contributed by atoms with Gasteiger partial charge in [-0.3, -0.25) is 4.79 Å². The number of amides is 1. The van der Waals surface area contributed by atoms with E-state index in [2.05, 4.69) is 21.2 Å². The molecule has 1 atom stereocenters. The SMILES string of the molecule is COc1ccc(Br)c(C(=O)NC2COc3ccccc32)c1. The minimum Gasteiger partial charge on any atom is -0.497 e. The number of ether oxygens (including phenoxy) is 2. The lowest BCUT2D eigenvalue weighted by Crippen LogP contribution is -2.29. The largest absolute Gasteiger partial charge is 0.497 e. The number of benzene rings is 2. The molecule has 4 nitrogen and oxygen atoms in total. The van der Waals surface area contributed by atoms with Crippen LogP contribution in [0.3, 0.4) is 0 Å². The van der Waals surface area contributed by atoms with Crippen molar-refractivity contribution >= 4 is 21.8 Å². The van der Waals surface area contributed by atoms with Gasteiger partial charge in [0.15, 0.2) is 0 Å². The molecule has 1 heterocycles. The molecule has 2 aromatic carbocycles. The van der Waals surface area contributed by atoms with Gasteiger partial charge < -0.3 is 14.8 Å². The normalized spacial score (nSPS) is 16.0. The Morgan fingerprint density at radius 1 is 1.33 bits per heavy atom. The lowest BCUT2D eigenvalue weighted by atomic mass is 10.1. The fourth-order valence-corrected chi connectivity index (χ4v) is 2.75. The number of nitrogens with one attached hydrogen (secondary N) is 1. The van der Waals surface area contributed by atoms with E-state index >= 15 is 0 Å². The van der Waals surface area contributed by atoms with E-state index in [1.807, 2.05) is 24.3 Å². The standard InChI is InChI=1S/C16H14BrNO3/c1-20-10-6-7-13(17)12(8-10)16(19)18-14-9-21-15-5-3-2-4-11(14)15/h2-8,14H,9H2,1H3,(H,18,19). The molecule has 0 aromatic heterocycles.